The molecular formula is C22H26Cl2F2N4O2S. The molecule has 4 rings (SSSR count). The fourth-order valence-corrected chi connectivity index (χ4v) is 6.69. The van der Waals surface area contributed by atoms with E-state index < -0.39 is 26.7 Å². The topological polar surface area (TPSA) is 74.3 Å². The minimum atomic E-state index is -4.50. The Morgan fingerprint density at radius 1 is 1.21 bits per heavy atom. The lowest BCUT2D eigenvalue weighted by atomic mass is 9.63. The Bertz CT molecular complexity index is 1190. The Morgan fingerprint density at radius 2 is 1.94 bits per heavy atom. The summed E-state index contributed by atoms with van der Waals surface area (Å²) in [6.07, 6.45) is 3.05. The van der Waals surface area contributed by atoms with E-state index in [-0.39, 0.29) is 26.8 Å². The van der Waals surface area contributed by atoms with E-state index in [0.29, 0.717) is 24.8 Å². The zero-order valence-electron chi connectivity index (χ0n) is 18.6. The van der Waals surface area contributed by atoms with Crippen molar-refractivity contribution in [2.45, 2.75) is 56.5 Å². The lowest BCUT2D eigenvalue weighted by molar-refractivity contribution is 0.0692. The fraction of sp³-hybridized carbons (Fsp3) is 0.500. The molecule has 2 aromatic rings. The first-order valence-corrected chi connectivity index (χ1v) is 12.9. The van der Waals surface area contributed by atoms with Crippen LogP contribution >= 0.6 is 23.2 Å². The molecule has 0 amide bonds. The van der Waals surface area contributed by atoms with Crippen LogP contribution in [-0.2, 0) is 10.0 Å². The highest BCUT2D eigenvalue weighted by atomic mass is 35.5. The molecule has 0 unspecified atom stereocenters. The number of hydrogen-bond donors (Lipinski definition) is 2. The Balaban J connectivity index is 1.60. The van der Waals surface area contributed by atoms with Crippen LogP contribution in [0.4, 0.5) is 20.3 Å². The van der Waals surface area contributed by atoms with E-state index in [2.05, 4.69) is 31.1 Å². The molecule has 0 bridgehead atoms. The SMILES string of the molecule is CC(C)(C)N[C@H]1CC[C@]12CCN(c1cc(Cl)c(S(=O)(=O)Nc3cccc(F)n3)c(F)c1Cl)C2. The third kappa shape index (κ3) is 4.78. The third-order valence-corrected chi connectivity index (χ3v) is 8.51. The minimum absolute atomic E-state index is 0.0158. The summed E-state index contributed by atoms with van der Waals surface area (Å²) in [5, 5.41) is 3.05. The average molecular weight is 519 g/mol. The summed E-state index contributed by atoms with van der Waals surface area (Å²) in [5.41, 5.74) is 0.410. The molecule has 2 atom stereocenters. The summed E-state index contributed by atoms with van der Waals surface area (Å²) in [4.78, 5) is 4.61. The van der Waals surface area contributed by atoms with Crippen molar-refractivity contribution in [3.05, 3.63) is 46.1 Å². The predicted molar refractivity (Wildman–Crippen MR) is 127 cm³/mol. The van der Waals surface area contributed by atoms with E-state index in [9.17, 15) is 12.8 Å². The van der Waals surface area contributed by atoms with Gasteiger partial charge in [-0.25, -0.2) is 17.8 Å². The molecule has 11 heteroatoms. The number of rotatable bonds is 5. The normalized spacial score (nSPS) is 23.1. The Morgan fingerprint density at radius 3 is 2.55 bits per heavy atom. The van der Waals surface area contributed by atoms with Gasteiger partial charge in [-0.15, -0.1) is 0 Å². The molecule has 180 valence electrons. The number of aromatic nitrogens is 1. The smallest absolute Gasteiger partial charge is 0.267 e. The van der Waals surface area contributed by atoms with Crippen LogP contribution in [0.3, 0.4) is 0 Å². The maximum Gasteiger partial charge on any atom is 0.267 e. The number of hydrogen-bond acceptors (Lipinski definition) is 5. The molecule has 2 N–H and O–H groups in total. The van der Waals surface area contributed by atoms with Crippen molar-refractivity contribution < 1.29 is 17.2 Å². The molecule has 0 radical (unpaired) electrons. The highest BCUT2D eigenvalue weighted by Gasteiger charge is 2.51. The molecule has 1 aromatic heterocycles. The van der Waals surface area contributed by atoms with E-state index in [4.69, 9.17) is 23.2 Å². The third-order valence-electron chi connectivity index (χ3n) is 6.32. The Kier molecular flexibility index (Phi) is 6.31. The fourth-order valence-electron chi connectivity index (χ4n) is 4.73. The molecule has 1 saturated carbocycles. The number of pyridine rings is 1. The maximum absolute atomic E-state index is 15.3. The molecule has 1 aliphatic carbocycles. The highest BCUT2D eigenvalue weighted by Crippen LogP contribution is 2.51. The van der Waals surface area contributed by atoms with Gasteiger partial charge in [0.25, 0.3) is 10.0 Å². The van der Waals surface area contributed by atoms with Gasteiger partial charge in [-0.05, 0) is 58.2 Å². The van der Waals surface area contributed by atoms with Gasteiger partial charge < -0.3 is 10.2 Å². The van der Waals surface area contributed by atoms with Crippen molar-refractivity contribution in [1.29, 1.82) is 0 Å². The van der Waals surface area contributed by atoms with Crippen LogP contribution in [0.2, 0.25) is 10.0 Å². The van der Waals surface area contributed by atoms with Crippen LogP contribution in [-0.4, -0.2) is 38.1 Å². The summed E-state index contributed by atoms with van der Waals surface area (Å²) in [5.74, 6) is -2.33. The summed E-state index contributed by atoms with van der Waals surface area (Å²) in [6.45, 7) is 7.72. The number of nitrogens with one attached hydrogen (secondary N) is 2. The van der Waals surface area contributed by atoms with Gasteiger partial charge >= 0.3 is 0 Å². The second-order valence-electron chi connectivity index (χ2n) is 9.81. The van der Waals surface area contributed by atoms with E-state index in [1.54, 1.807) is 0 Å². The van der Waals surface area contributed by atoms with E-state index in [1.165, 1.54) is 18.2 Å². The van der Waals surface area contributed by atoms with Crippen molar-refractivity contribution >= 4 is 44.7 Å². The summed E-state index contributed by atoms with van der Waals surface area (Å²) in [6, 6.07) is 5.31. The molecule has 1 aliphatic heterocycles. The molecule has 2 fully saturated rings. The van der Waals surface area contributed by atoms with Crippen molar-refractivity contribution in [2.24, 2.45) is 5.41 Å². The number of nitrogens with zero attached hydrogens (tertiary/aromatic N) is 2. The summed E-state index contributed by atoms with van der Waals surface area (Å²) >= 11 is 12.6. The van der Waals surface area contributed by atoms with Gasteiger partial charge in [0.2, 0.25) is 5.95 Å². The molecular weight excluding hydrogens is 493 g/mol. The first-order valence-electron chi connectivity index (χ1n) is 10.7. The van der Waals surface area contributed by atoms with Crippen molar-refractivity contribution in [3.8, 4) is 0 Å². The van der Waals surface area contributed by atoms with Crippen molar-refractivity contribution in [3.63, 3.8) is 0 Å². The molecule has 1 saturated heterocycles. The number of sulfonamides is 1. The quantitative estimate of drug-likeness (QED) is 0.419. The lowest BCUT2D eigenvalue weighted by Crippen LogP contribution is -2.59. The second-order valence-corrected chi connectivity index (χ2v) is 12.2. The van der Waals surface area contributed by atoms with Gasteiger partial charge in [0, 0.05) is 30.1 Å². The van der Waals surface area contributed by atoms with Crippen LogP contribution in [0.1, 0.15) is 40.0 Å². The first kappa shape index (κ1) is 24.4. The van der Waals surface area contributed by atoms with Crippen LogP contribution in [0, 0.1) is 17.2 Å². The zero-order chi connectivity index (χ0) is 24.2. The van der Waals surface area contributed by atoms with E-state index >= 15 is 4.39 Å². The van der Waals surface area contributed by atoms with Gasteiger partial charge in [0.05, 0.1) is 10.7 Å². The molecule has 2 heterocycles. The van der Waals surface area contributed by atoms with Crippen LogP contribution in [0.25, 0.3) is 0 Å². The zero-order valence-corrected chi connectivity index (χ0v) is 20.9. The molecule has 1 aromatic carbocycles. The lowest BCUT2D eigenvalue weighted by Gasteiger charge is -2.50. The number of halogens is 4. The minimum Gasteiger partial charge on any atom is -0.370 e. The van der Waals surface area contributed by atoms with Crippen LogP contribution < -0.4 is 14.9 Å². The van der Waals surface area contributed by atoms with Gasteiger partial charge in [-0.2, -0.15) is 4.39 Å². The summed E-state index contributed by atoms with van der Waals surface area (Å²) in [7, 11) is -4.50. The molecule has 2 aliphatic rings. The largest absolute Gasteiger partial charge is 0.370 e. The Labute approximate surface area is 202 Å². The van der Waals surface area contributed by atoms with Crippen molar-refractivity contribution in [2.75, 3.05) is 22.7 Å². The number of benzene rings is 1. The van der Waals surface area contributed by atoms with Crippen LogP contribution in [0.5, 0.6) is 0 Å². The number of anilines is 2. The monoisotopic (exact) mass is 518 g/mol. The first-order chi connectivity index (χ1) is 15.3. The van der Waals surface area contributed by atoms with Gasteiger partial charge in [0.1, 0.15) is 15.7 Å². The molecule has 6 nitrogen and oxygen atoms in total. The predicted octanol–water partition coefficient (Wildman–Crippen LogP) is 5.21. The van der Waals surface area contributed by atoms with Gasteiger partial charge in [-0.3, -0.25) is 4.72 Å². The van der Waals surface area contributed by atoms with Crippen LogP contribution in [0.15, 0.2) is 29.2 Å². The summed E-state index contributed by atoms with van der Waals surface area (Å²) < 4.78 is 56.2. The van der Waals surface area contributed by atoms with Gasteiger partial charge in [0.15, 0.2) is 5.82 Å². The molecule has 1 spiro atoms. The van der Waals surface area contributed by atoms with Crippen molar-refractivity contribution in [1.82, 2.24) is 10.3 Å². The standard InChI is InChI=1S/C22H26Cl2F2N4O2S/c1-21(2,3)28-15-7-8-22(15)9-10-30(12-22)14-11-13(23)20(19(26)18(14)24)33(31,32)29-17-6-4-5-16(25)27-17/h4-6,11,15,28H,7-10,12H2,1-3H3,(H,27,29)/t15-,22+/m0/s1. The van der Waals surface area contributed by atoms with Gasteiger partial charge in [-0.1, -0.05) is 29.3 Å². The average Bonchev–Trinajstić information content (AvgIpc) is 3.15. The van der Waals surface area contributed by atoms with E-state index in [1.807, 2.05) is 9.62 Å². The maximum atomic E-state index is 15.3. The molecule has 33 heavy (non-hydrogen) atoms. The highest BCUT2D eigenvalue weighted by molar-refractivity contribution is 7.92. The second kappa shape index (κ2) is 8.52. The van der Waals surface area contributed by atoms with E-state index in [0.717, 1.165) is 25.3 Å². The Hall–Kier alpha value is -1.68.